The third kappa shape index (κ3) is 6.24. The van der Waals surface area contributed by atoms with Gasteiger partial charge in [-0.3, -0.25) is 4.57 Å². The highest BCUT2D eigenvalue weighted by molar-refractivity contribution is 6.68. The molecule has 59 heavy (non-hydrogen) atoms. The van der Waals surface area contributed by atoms with Crippen LogP contribution in [0.15, 0.2) is 146 Å². The lowest BCUT2D eigenvalue weighted by atomic mass is 9.49. The molecule has 0 fully saturated rings. The molecule has 0 saturated heterocycles. The van der Waals surface area contributed by atoms with E-state index in [9.17, 15) is 10.2 Å². The van der Waals surface area contributed by atoms with Crippen molar-refractivity contribution in [3.05, 3.63) is 151 Å². The lowest BCUT2D eigenvalue weighted by molar-refractivity contribution is -0.00425. The highest BCUT2D eigenvalue weighted by Gasteiger charge is 2.42. The van der Waals surface area contributed by atoms with Crippen molar-refractivity contribution in [2.24, 2.45) is 0 Å². The van der Waals surface area contributed by atoms with Gasteiger partial charge in [0.15, 0.2) is 0 Å². The molecule has 0 saturated carbocycles. The first-order chi connectivity index (χ1) is 28.3. The summed E-state index contributed by atoms with van der Waals surface area (Å²) in [5.41, 5.74) is 7.25. The number of aromatic nitrogens is 2. The predicted molar refractivity (Wildman–Crippen MR) is 251 cm³/mol. The smallest absolute Gasteiger partial charge is 0.138 e. The van der Waals surface area contributed by atoms with Gasteiger partial charge in [0.2, 0.25) is 0 Å². The Morgan fingerprint density at radius 2 is 0.932 bits per heavy atom. The van der Waals surface area contributed by atoms with E-state index in [1.807, 2.05) is 91.0 Å². The van der Waals surface area contributed by atoms with Crippen LogP contribution < -0.4 is 27.3 Å². The SMILES string of the molecule is [B]c1c([B])c([B])c(-c2ccc3c(-c4ccc(-c5ccccc5-n5c(C([B])(O)C([B])([B])O)nc6ccccc65)cc4)c4ccccc4c(-c4ccccc4)c3c2)c([B])c1[B]. The van der Waals surface area contributed by atoms with Crippen molar-refractivity contribution in [3.8, 4) is 50.2 Å². The fourth-order valence-corrected chi connectivity index (χ4v) is 8.16. The second kappa shape index (κ2) is 14.5. The largest absolute Gasteiger partial charge is 0.407 e. The number of nitrogens with zero attached hydrogens (tertiary/aromatic N) is 2. The summed E-state index contributed by atoms with van der Waals surface area (Å²) >= 11 is 0. The number of benzene rings is 8. The van der Waals surface area contributed by atoms with Crippen LogP contribution in [-0.4, -0.2) is 87.9 Å². The van der Waals surface area contributed by atoms with Gasteiger partial charge in [-0.1, -0.05) is 132 Å². The summed E-state index contributed by atoms with van der Waals surface area (Å²) < 4.78 is 1.67. The zero-order chi connectivity index (χ0) is 41.4. The van der Waals surface area contributed by atoms with Crippen molar-refractivity contribution in [1.29, 1.82) is 0 Å². The van der Waals surface area contributed by atoms with Crippen LogP contribution in [0.3, 0.4) is 0 Å². The molecule has 0 amide bonds. The van der Waals surface area contributed by atoms with E-state index in [4.69, 9.17) is 62.8 Å². The van der Waals surface area contributed by atoms with E-state index in [2.05, 4.69) is 53.5 Å². The molecule has 1 unspecified atom stereocenters. The molecule has 260 valence electrons. The van der Waals surface area contributed by atoms with Crippen LogP contribution in [0.25, 0.3) is 82.8 Å². The molecular weight excluding hydrogens is 711 g/mol. The fourth-order valence-electron chi connectivity index (χ4n) is 8.16. The minimum Gasteiger partial charge on any atom is -0.407 e. The first kappa shape index (κ1) is 38.7. The molecule has 9 aromatic rings. The number of hydrogen-bond acceptors (Lipinski definition) is 3. The van der Waals surface area contributed by atoms with E-state index >= 15 is 0 Å². The van der Waals surface area contributed by atoms with Crippen LogP contribution in [0.1, 0.15) is 5.82 Å². The maximum Gasteiger partial charge on any atom is 0.138 e. The van der Waals surface area contributed by atoms with Crippen LogP contribution in [0.2, 0.25) is 0 Å². The predicted octanol–water partition coefficient (Wildman–Crippen LogP) is 3.27. The minimum absolute atomic E-state index is 0.126. The fraction of sp³-hybridized carbons (Fsp3) is 0.0426. The number of para-hydroxylation sites is 3. The molecule has 0 spiro atoms. The first-order valence-electron chi connectivity index (χ1n) is 18.8. The molecule has 0 bridgehead atoms. The van der Waals surface area contributed by atoms with Crippen molar-refractivity contribution >= 4 is 123 Å². The highest BCUT2D eigenvalue weighted by Crippen LogP contribution is 2.45. The topological polar surface area (TPSA) is 58.3 Å². The van der Waals surface area contributed by atoms with Gasteiger partial charge in [-0.2, -0.15) is 0 Å². The summed E-state index contributed by atoms with van der Waals surface area (Å²) in [5.74, 6) is -0.126. The molecule has 4 nitrogen and oxygen atoms in total. The Bertz CT molecular complexity index is 3090. The Hall–Kier alpha value is -5.81. The summed E-state index contributed by atoms with van der Waals surface area (Å²) in [6.07, 6.45) is 0. The Balaban J connectivity index is 1.26. The average Bonchev–Trinajstić information content (AvgIpc) is 3.64. The third-order valence-corrected chi connectivity index (χ3v) is 11.2. The van der Waals surface area contributed by atoms with Crippen LogP contribution >= 0.6 is 0 Å². The lowest BCUT2D eigenvalue weighted by Gasteiger charge is -2.37. The molecule has 0 aliphatic rings. The summed E-state index contributed by atoms with van der Waals surface area (Å²) in [4.78, 5) is 4.59. The maximum atomic E-state index is 11.4. The molecule has 12 heteroatoms. The third-order valence-electron chi connectivity index (χ3n) is 11.2. The van der Waals surface area contributed by atoms with E-state index in [0.29, 0.717) is 22.3 Å². The van der Waals surface area contributed by atoms with Crippen LogP contribution in [0.4, 0.5) is 0 Å². The molecule has 0 aliphatic carbocycles. The molecule has 1 heterocycles. The van der Waals surface area contributed by atoms with E-state index in [-0.39, 0.29) is 33.1 Å². The zero-order valence-corrected chi connectivity index (χ0v) is 31.8. The zero-order valence-electron chi connectivity index (χ0n) is 31.8. The van der Waals surface area contributed by atoms with Gasteiger partial charge in [0.1, 0.15) is 68.6 Å². The first-order valence-corrected chi connectivity index (χ1v) is 18.8. The molecule has 0 aliphatic heterocycles. The number of fused-ring (bicyclic) bond motifs is 3. The lowest BCUT2D eigenvalue weighted by Crippen LogP contribution is -2.55. The summed E-state index contributed by atoms with van der Waals surface area (Å²) in [6, 6.07) is 47.9. The van der Waals surface area contributed by atoms with Crippen LogP contribution in [0, 0.1) is 0 Å². The van der Waals surface area contributed by atoms with Gasteiger partial charge in [0.25, 0.3) is 0 Å². The Labute approximate surface area is 353 Å². The Morgan fingerprint density at radius 3 is 1.59 bits per heavy atom. The van der Waals surface area contributed by atoms with Gasteiger partial charge >= 0.3 is 0 Å². The molecule has 2 N–H and O–H groups in total. The van der Waals surface area contributed by atoms with E-state index in [1.165, 1.54) is 0 Å². The monoisotopic (exact) mass is 738 g/mol. The van der Waals surface area contributed by atoms with Crippen LogP contribution in [0.5, 0.6) is 0 Å². The normalized spacial score (nSPS) is 12.9. The standard InChI is InChI=1S/C47H26B8N2O2/c48-40-39(41(49)43(51)44(52)42(40)50)28-22-23-32-33(24-28)38(26-10-2-1-3-11-26)31-14-5-4-13-30(31)37(32)27-20-18-25(19-21-27)29-12-6-8-16-35(29)57-36-17-9-7-15-34(36)56-45(57)46(53,58)47(54,55)59/h1-24,58-59H. The second-order valence-electron chi connectivity index (χ2n) is 14.8. The summed E-state index contributed by atoms with van der Waals surface area (Å²) in [5, 5.41) is 23.3. The number of imidazole rings is 1. The number of rotatable bonds is 7. The van der Waals surface area contributed by atoms with Crippen molar-refractivity contribution in [2.75, 3.05) is 0 Å². The molecule has 1 aromatic heterocycles. The Kier molecular flexibility index (Phi) is 9.49. The summed E-state index contributed by atoms with van der Waals surface area (Å²) in [7, 11) is 49.8. The van der Waals surface area contributed by atoms with Gasteiger partial charge in [-0.15, -0.1) is 16.4 Å². The molecular formula is C47H26B8N2O2. The van der Waals surface area contributed by atoms with Gasteiger partial charge in [0, 0.05) is 11.0 Å². The summed E-state index contributed by atoms with van der Waals surface area (Å²) in [6.45, 7) is 0. The minimum atomic E-state index is -2.71. The van der Waals surface area contributed by atoms with E-state index in [1.54, 1.807) is 10.6 Å². The second-order valence-corrected chi connectivity index (χ2v) is 14.8. The molecule has 16 radical (unpaired) electrons. The Morgan fingerprint density at radius 1 is 0.441 bits per heavy atom. The van der Waals surface area contributed by atoms with E-state index in [0.717, 1.165) is 60.5 Å². The van der Waals surface area contributed by atoms with Crippen molar-refractivity contribution < 1.29 is 10.2 Å². The van der Waals surface area contributed by atoms with Gasteiger partial charge in [-0.25, -0.2) is 4.98 Å². The molecule has 1 atom stereocenters. The van der Waals surface area contributed by atoms with Crippen molar-refractivity contribution in [1.82, 2.24) is 9.55 Å². The van der Waals surface area contributed by atoms with Gasteiger partial charge in [0.05, 0.1) is 22.2 Å². The number of aliphatic hydroxyl groups is 2. The van der Waals surface area contributed by atoms with E-state index < -0.39 is 10.9 Å². The molecule has 9 rings (SSSR count). The van der Waals surface area contributed by atoms with Gasteiger partial charge in [-0.05, 0) is 84.8 Å². The van der Waals surface area contributed by atoms with Crippen molar-refractivity contribution in [3.63, 3.8) is 0 Å². The average molecular weight is 737 g/mol. The van der Waals surface area contributed by atoms with Crippen molar-refractivity contribution in [2.45, 2.75) is 10.9 Å². The number of hydrogen-bond donors (Lipinski definition) is 2. The molecule has 8 aromatic carbocycles. The maximum absolute atomic E-state index is 11.4. The quantitative estimate of drug-likeness (QED) is 0.195. The highest BCUT2D eigenvalue weighted by atomic mass is 16.3. The van der Waals surface area contributed by atoms with Crippen LogP contribution in [-0.2, 0) is 5.50 Å². The van der Waals surface area contributed by atoms with Gasteiger partial charge < -0.3 is 10.2 Å².